The number of likely N-dealkylation sites (N-methyl/N-ethyl adjacent to an activating group) is 2. The first-order valence-electron chi connectivity index (χ1n) is 18.2. The third kappa shape index (κ3) is 6.03. The average molecular weight is 760 g/mol. The predicted molar refractivity (Wildman–Crippen MR) is 197 cm³/mol. The molecule has 6 heterocycles. The molecule has 9 atom stereocenters. The second-order valence-electron chi connectivity index (χ2n) is 16.2. The predicted octanol–water partition coefficient (Wildman–Crippen LogP) is 1.91. The van der Waals surface area contributed by atoms with E-state index in [1.807, 2.05) is 79.7 Å². The SMILES string of the molecule is CC1(C(=O)O)CC2C(=O)NC1c1ccccc12.CN1C(=O)C2CC(C)(C(=O)O)C1c1ccccc12.COC(=O)C1(C)CC2C(=O)N(C)C1c1ccccc12.[Li+].[OH-]. The van der Waals surface area contributed by atoms with Crippen molar-refractivity contribution < 1.29 is 68.1 Å². The number of benzene rings is 3. The topological polar surface area (TPSA) is 201 Å². The summed E-state index contributed by atoms with van der Waals surface area (Å²) in [6.07, 6.45) is 1.31. The first-order chi connectivity index (χ1) is 25.5. The Kier molecular flexibility index (Phi) is 11.2. The van der Waals surface area contributed by atoms with E-state index in [0.717, 1.165) is 33.4 Å². The van der Waals surface area contributed by atoms with Gasteiger partial charge in [0.1, 0.15) is 0 Å². The van der Waals surface area contributed by atoms with Crippen LogP contribution in [0.15, 0.2) is 72.8 Å². The number of methoxy groups -OCH3 is 1. The van der Waals surface area contributed by atoms with Crippen LogP contribution in [0.5, 0.6) is 0 Å². The van der Waals surface area contributed by atoms with Crippen molar-refractivity contribution in [2.75, 3.05) is 21.2 Å². The molecule has 3 amide bonds. The van der Waals surface area contributed by atoms with Crippen LogP contribution in [0, 0.1) is 16.2 Å². The Morgan fingerprint density at radius 1 is 0.625 bits per heavy atom. The maximum Gasteiger partial charge on any atom is 1.00 e. The molecule has 3 fully saturated rings. The van der Waals surface area contributed by atoms with Gasteiger partial charge in [0.25, 0.3) is 0 Å². The van der Waals surface area contributed by atoms with Gasteiger partial charge >= 0.3 is 36.8 Å². The second kappa shape index (κ2) is 14.8. The zero-order chi connectivity index (χ0) is 39.1. The molecule has 6 aliphatic heterocycles. The summed E-state index contributed by atoms with van der Waals surface area (Å²) in [6.45, 7) is 5.35. The first-order valence-corrected chi connectivity index (χ1v) is 18.2. The molecule has 6 bridgehead atoms. The summed E-state index contributed by atoms with van der Waals surface area (Å²) in [5.74, 6) is -2.68. The van der Waals surface area contributed by atoms with E-state index in [0.29, 0.717) is 19.3 Å². The van der Waals surface area contributed by atoms with Crippen LogP contribution in [-0.4, -0.2) is 82.3 Å². The number of carbonyl (C=O) groups excluding carboxylic acids is 4. The standard InChI is InChI=1S/C15H17NO3.C14H15NO3.C13H13NO3.Li.H2O/c1-15(14(18)19-3)8-11-9-6-4-5-7-10(9)12(15)16(2)13(11)17;1-14(13(17)18)7-10-8-5-3-4-6-9(8)11(14)15(2)12(10)16;1-13(12(16)17)6-9-7-4-2-3-5-8(7)10(13)14-11(9)15;;/h4-7,11-12H,8H2,1-3H3;3-6,10-11H,7H2,1-2H3,(H,17,18);2-5,9-10H,6H2,1H3,(H,14,15)(H,16,17);;1H2/q;;;+1;/p-1. The van der Waals surface area contributed by atoms with Crippen molar-refractivity contribution in [3.8, 4) is 0 Å². The number of nitrogens with one attached hydrogen (secondary N) is 1. The number of hydrogen-bond donors (Lipinski definition) is 3. The minimum atomic E-state index is -0.896. The van der Waals surface area contributed by atoms with E-state index in [-0.39, 0.29) is 77.9 Å². The van der Waals surface area contributed by atoms with Crippen molar-refractivity contribution in [1.82, 2.24) is 15.1 Å². The maximum atomic E-state index is 12.3. The molecule has 9 unspecified atom stereocenters. The number of aliphatic carboxylic acids is 2. The molecule has 12 rings (SSSR count). The van der Waals surface area contributed by atoms with E-state index in [2.05, 4.69) is 5.32 Å². The van der Waals surface area contributed by atoms with Crippen molar-refractivity contribution in [1.29, 1.82) is 0 Å². The quantitative estimate of drug-likeness (QED) is 0.262. The molecule has 0 radical (unpaired) electrons. The Bertz CT molecular complexity index is 2130. The molecule has 56 heavy (non-hydrogen) atoms. The molecule has 0 aromatic heterocycles. The van der Waals surface area contributed by atoms with E-state index < -0.39 is 34.2 Å². The number of carboxylic acid groups (broad SMARTS) is 2. The Balaban J connectivity index is 0.000000158. The monoisotopic (exact) mass is 759 g/mol. The molecule has 9 aliphatic rings. The van der Waals surface area contributed by atoms with Crippen molar-refractivity contribution in [2.45, 2.75) is 75.9 Å². The number of hydrogen-bond acceptors (Lipinski definition) is 8. The van der Waals surface area contributed by atoms with Crippen LogP contribution in [0.1, 0.15) is 109 Å². The minimum absolute atomic E-state index is 0. The third-order valence-corrected chi connectivity index (χ3v) is 13.0. The molecule has 3 aliphatic carbocycles. The number of fused-ring (bicyclic) bond motifs is 6. The largest absolute Gasteiger partial charge is 1.00 e. The number of carboxylic acids is 2. The van der Waals surface area contributed by atoms with Crippen LogP contribution in [0.25, 0.3) is 0 Å². The number of ether oxygens (including phenoxy) is 1. The Labute approximate surface area is 337 Å². The van der Waals surface area contributed by atoms with Gasteiger partial charge in [-0.15, -0.1) is 0 Å². The zero-order valence-corrected chi connectivity index (χ0v) is 32.6. The van der Waals surface area contributed by atoms with Crippen molar-refractivity contribution >= 4 is 35.6 Å². The van der Waals surface area contributed by atoms with Crippen LogP contribution in [0.3, 0.4) is 0 Å². The van der Waals surface area contributed by atoms with Gasteiger partial charge in [0.05, 0.1) is 59.2 Å². The van der Waals surface area contributed by atoms with Crippen LogP contribution in [0.2, 0.25) is 0 Å². The molecule has 14 heteroatoms. The van der Waals surface area contributed by atoms with Gasteiger partial charge in [-0.05, 0) is 73.4 Å². The molecule has 0 saturated carbocycles. The van der Waals surface area contributed by atoms with Gasteiger partial charge in [0, 0.05) is 14.1 Å². The smallest absolute Gasteiger partial charge is 0.870 e. The zero-order valence-electron chi connectivity index (χ0n) is 32.6. The number of piperidine rings is 3. The van der Waals surface area contributed by atoms with Gasteiger partial charge in [-0.1, -0.05) is 72.8 Å². The normalized spacial score (nSPS) is 32.0. The summed E-state index contributed by atoms with van der Waals surface area (Å²) < 4.78 is 4.97. The number of esters is 1. The third-order valence-electron chi connectivity index (χ3n) is 13.0. The van der Waals surface area contributed by atoms with Gasteiger partial charge in [-0.25, -0.2) is 0 Å². The summed E-state index contributed by atoms with van der Waals surface area (Å²) in [6, 6.07) is 22.2. The minimum Gasteiger partial charge on any atom is -0.870 e. The average Bonchev–Trinajstić information content (AvgIpc) is 3.16. The van der Waals surface area contributed by atoms with Crippen LogP contribution >= 0.6 is 0 Å². The van der Waals surface area contributed by atoms with E-state index in [1.165, 1.54) is 7.11 Å². The molecule has 4 N–H and O–H groups in total. The van der Waals surface area contributed by atoms with Gasteiger partial charge < -0.3 is 35.5 Å². The van der Waals surface area contributed by atoms with Crippen molar-refractivity contribution in [3.05, 3.63) is 106 Å². The van der Waals surface area contributed by atoms with Gasteiger partial charge in [-0.2, -0.15) is 0 Å². The van der Waals surface area contributed by atoms with Gasteiger partial charge in [0.2, 0.25) is 17.7 Å². The van der Waals surface area contributed by atoms with E-state index in [1.54, 1.807) is 37.7 Å². The molecule has 3 saturated heterocycles. The number of nitrogens with zero attached hydrogens (tertiary/aromatic N) is 2. The number of rotatable bonds is 3. The fraction of sp³-hybridized carbons (Fsp3) is 0.429. The van der Waals surface area contributed by atoms with Crippen molar-refractivity contribution in [2.24, 2.45) is 16.2 Å². The second-order valence-corrected chi connectivity index (χ2v) is 16.2. The fourth-order valence-electron chi connectivity index (χ4n) is 10.2. The van der Waals surface area contributed by atoms with E-state index in [4.69, 9.17) is 4.74 Å². The Morgan fingerprint density at radius 2 is 0.982 bits per heavy atom. The van der Waals surface area contributed by atoms with E-state index in [9.17, 15) is 39.0 Å². The van der Waals surface area contributed by atoms with Gasteiger partial charge in [0.15, 0.2) is 0 Å². The Hall–Kier alpha value is -4.96. The summed E-state index contributed by atoms with van der Waals surface area (Å²) in [7, 11) is 4.89. The fourth-order valence-corrected chi connectivity index (χ4v) is 10.2. The summed E-state index contributed by atoms with van der Waals surface area (Å²) in [5.41, 5.74) is 3.63. The van der Waals surface area contributed by atoms with Crippen LogP contribution in [0.4, 0.5) is 0 Å². The van der Waals surface area contributed by atoms with Gasteiger partial charge in [-0.3, -0.25) is 28.8 Å². The first kappa shape index (κ1) is 42.2. The summed E-state index contributed by atoms with van der Waals surface area (Å²) in [5, 5.41) is 21.7. The molecular weight excluding hydrogens is 713 g/mol. The summed E-state index contributed by atoms with van der Waals surface area (Å²) in [4.78, 5) is 74.8. The maximum absolute atomic E-state index is 12.3. The Morgan fingerprint density at radius 3 is 1.41 bits per heavy atom. The molecule has 13 nitrogen and oxygen atoms in total. The molecule has 3 aromatic carbocycles. The number of amides is 3. The van der Waals surface area contributed by atoms with Crippen LogP contribution < -0.4 is 24.2 Å². The summed E-state index contributed by atoms with van der Waals surface area (Å²) >= 11 is 0. The molecule has 290 valence electrons. The van der Waals surface area contributed by atoms with Crippen LogP contribution in [-0.2, 0) is 33.5 Å². The van der Waals surface area contributed by atoms with Crippen molar-refractivity contribution in [3.63, 3.8) is 0 Å². The molecule has 3 aromatic rings. The molecule has 0 spiro atoms. The van der Waals surface area contributed by atoms with E-state index >= 15 is 0 Å². The molecular formula is C42H46LiN3O10. The number of carbonyl (C=O) groups is 6.